The van der Waals surface area contributed by atoms with Gasteiger partial charge in [-0.3, -0.25) is 0 Å². The monoisotopic (exact) mass is 226 g/mol. The number of aliphatic hydroxyl groups is 2. The lowest BCUT2D eigenvalue weighted by Gasteiger charge is -2.40. The summed E-state index contributed by atoms with van der Waals surface area (Å²) in [6, 6.07) is 0. The van der Waals surface area contributed by atoms with Crippen LogP contribution in [0.25, 0.3) is 0 Å². The average molecular weight is 226 g/mol. The minimum absolute atomic E-state index is 0.0454. The molecule has 0 radical (unpaired) electrons. The molecule has 0 aromatic rings. The maximum absolute atomic E-state index is 12.5. The first-order valence-electron chi connectivity index (χ1n) is 5.66. The highest BCUT2D eigenvalue weighted by molar-refractivity contribution is 5.27. The van der Waals surface area contributed by atoms with Crippen LogP contribution in [0.15, 0.2) is 23.5 Å². The van der Waals surface area contributed by atoms with Gasteiger partial charge in [-0.2, -0.15) is 0 Å². The highest BCUT2D eigenvalue weighted by Crippen LogP contribution is 2.36. The number of allylic oxidation sites excluding steroid dienone is 3. The summed E-state index contributed by atoms with van der Waals surface area (Å²) < 4.78 is -0.448. The van der Waals surface area contributed by atoms with E-state index in [1.165, 1.54) is 0 Å². The molecule has 0 saturated heterocycles. The predicted octanol–water partition coefficient (Wildman–Crippen LogP) is 0.120. The summed E-state index contributed by atoms with van der Waals surface area (Å²) >= 11 is 0. The zero-order valence-corrected chi connectivity index (χ0v) is 9.30. The van der Waals surface area contributed by atoms with E-state index >= 15 is 0 Å². The summed E-state index contributed by atoms with van der Waals surface area (Å²) in [5.41, 5.74) is 1.80. The quantitative estimate of drug-likeness (QED) is 0.528. The Balaban J connectivity index is 2.26. The van der Waals surface area contributed by atoms with Crippen LogP contribution in [-0.2, 0) is 0 Å². The molecule has 0 saturated carbocycles. The highest BCUT2D eigenvalue weighted by Gasteiger charge is 2.37. The summed E-state index contributed by atoms with van der Waals surface area (Å²) in [6.45, 7) is 0.947. The van der Waals surface area contributed by atoms with Crippen LogP contribution in [0.5, 0.6) is 0 Å². The standard InChI is InChI=1S/C11H18N2O3/c14-7-5-12-9-13(16,6-8-15)11-4-2-1-3-10(11)12/h1,3,14-15H,2,4-9H2. The minimum atomic E-state index is -0.448. The Labute approximate surface area is 95.1 Å². The molecule has 5 heteroatoms. The Morgan fingerprint density at radius 1 is 1.38 bits per heavy atom. The van der Waals surface area contributed by atoms with Crippen molar-refractivity contribution < 1.29 is 14.9 Å². The van der Waals surface area contributed by atoms with Crippen LogP contribution in [0.3, 0.4) is 0 Å². The molecule has 0 amide bonds. The van der Waals surface area contributed by atoms with Gasteiger partial charge in [0.05, 0.1) is 18.9 Å². The Hall–Kier alpha value is -0.880. The molecule has 1 atom stereocenters. The molecule has 0 spiro atoms. The van der Waals surface area contributed by atoms with Crippen LogP contribution in [-0.4, -0.2) is 52.7 Å². The smallest absolute Gasteiger partial charge is 0.159 e. The molecular formula is C11H18N2O3. The van der Waals surface area contributed by atoms with Crippen LogP contribution < -0.4 is 0 Å². The maximum Gasteiger partial charge on any atom is 0.159 e. The van der Waals surface area contributed by atoms with E-state index in [2.05, 4.69) is 6.08 Å². The van der Waals surface area contributed by atoms with Gasteiger partial charge in [-0.1, -0.05) is 6.08 Å². The molecule has 0 fully saturated rings. The maximum atomic E-state index is 12.5. The van der Waals surface area contributed by atoms with E-state index in [0.717, 1.165) is 24.2 Å². The number of quaternary nitrogens is 1. The molecule has 1 heterocycles. The first-order valence-corrected chi connectivity index (χ1v) is 5.66. The molecule has 5 nitrogen and oxygen atoms in total. The van der Waals surface area contributed by atoms with Gasteiger partial charge in [-0.25, -0.2) is 0 Å². The van der Waals surface area contributed by atoms with Gasteiger partial charge < -0.3 is 25.0 Å². The predicted molar refractivity (Wildman–Crippen MR) is 59.6 cm³/mol. The van der Waals surface area contributed by atoms with Crippen molar-refractivity contribution in [3.8, 4) is 0 Å². The molecule has 2 rings (SSSR count). The molecule has 2 aliphatic rings. The van der Waals surface area contributed by atoms with Gasteiger partial charge in [0.2, 0.25) is 0 Å². The van der Waals surface area contributed by atoms with Gasteiger partial charge in [0.1, 0.15) is 12.2 Å². The number of hydroxylamine groups is 3. The topological polar surface area (TPSA) is 66.8 Å². The van der Waals surface area contributed by atoms with Crippen molar-refractivity contribution in [3.63, 3.8) is 0 Å². The second kappa shape index (κ2) is 4.55. The van der Waals surface area contributed by atoms with E-state index in [9.17, 15) is 5.21 Å². The van der Waals surface area contributed by atoms with Crippen molar-refractivity contribution in [1.29, 1.82) is 0 Å². The molecule has 1 aliphatic heterocycles. The summed E-state index contributed by atoms with van der Waals surface area (Å²) in [5, 5.41) is 30.5. The molecule has 1 unspecified atom stereocenters. The lowest BCUT2D eigenvalue weighted by Crippen LogP contribution is -2.44. The third kappa shape index (κ3) is 1.87. The minimum Gasteiger partial charge on any atom is -0.626 e. The molecule has 2 N–H and O–H groups in total. The van der Waals surface area contributed by atoms with Crippen molar-refractivity contribution >= 4 is 0 Å². The average Bonchev–Trinajstić information content (AvgIpc) is 2.55. The van der Waals surface area contributed by atoms with Crippen LogP contribution in [0, 0.1) is 5.21 Å². The van der Waals surface area contributed by atoms with E-state index in [4.69, 9.17) is 10.2 Å². The summed E-state index contributed by atoms with van der Waals surface area (Å²) in [6.07, 6.45) is 5.66. The Bertz CT molecular complexity index is 327. The van der Waals surface area contributed by atoms with Gasteiger partial charge in [0.15, 0.2) is 6.67 Å². The van der Waals surface area contributed by atoms with E-state index in [-0.39, 0.29) is 19.8 Å². The number of aliphatic hydroxyl groups excluding tert-OH is 2. The third-order valence-electron chi connectivity index (χ3n) is 3.18. The van der Waals surface area contributed by atoms with Crippen molar-refractivity contribution in [2.24, 2.45) is 0 Å². The van der Waals surface area contributed by atoms with Gasteiger partial charge in [-0.15, -0.1) is 0 Å². The normalized spacial score (nSPS) is 28.8. The highest BCUT2D eigenvalue weighted by atomic mass is 16.6. The summed E-state index contributed by atoms with van der Waals surface area (Å²) in [5.74, 6) is 0. The third-order valence-corrected chi connectivity index (χ3v) is 3.18. The number of β-amino-alcohol motifs (C(OH)–C–C–N with tert-alkyl or cyclic N) is 1. The first kappa shape index (κ1) is 11.6. The fraction of sp³-hybridized carbons (Fsp3) is 0.636. The summed E-state index contributed by atoms with van der Waals surface area (Å²) in [7, 11) is 0. The van der Waals surface area contributed by atoms with E-state index in [1.54, 1.807) is 0 Å². The number of nitrogens with zero attached hydrogens (tertiary/aromatic N) is 2. The van der Waals surface area contributed by atoms with Crippen LogP contribution in [0.2, 0.25) is 0 Å². The molecule has 90 valence electrons. The van der Waals surface area contributed by atoms with Gasteiger partial charge in [0, 0.05) is 13.0 Å². The van der Waals surface area contributed by atoms with Crippen LogP contribution >= 0.6 is 0 Å². The van der Waals surface area contributed by atoms with Crippen molar-refractivity contribution in [1.82, 2.24) is 4.90 Å². The zero-order chi connectivity index (χ0) is 11.6. The van der Waals surface area contributed by atoms with Crippen molar-refractivity contribution in [2.75, 3.05) is 33.0 Å². The van der Waals surface area contributed by atoms with Crippen LogP contribution in [0.4, 0.5) is 0 Å². The molecule has 1 aliphatic carbocycles. The Morgan fingerprint density at radius 3 is 2.88 bits per heavy atom. The second-order valence-electron chi connectivity index (χ2n) is 4.24. The summed E-state index contributed by atoms with van der Waals surface area (Å²) in [4.78, 5) is 1.91. The Morgan fingerprint density at radius 2 is 2.19 bits per heavy atom. The molecular weight excluding hydrogens is 208 g/mol. The largest absolute Gasteiger partial charge is 0.626 e. The number of rotatable bonds is 4. The molecule has 0 aromatic carbocycles. The molecule has 16 heavy (non-hydrogen) atoms. The lowest BCUT2D eigenvalue weighted by molar-refractivity contribution is -0.846. The number of hydrogen-bond acceptors (Lipinski definition) is 4. The van der Waals surface area contributed by atoms with Gasteiger partial charge in [-0.05, 0) is 12.5 Å². The zero-order valence-electron chi connectivity index (χ0n) is 9.30. The molecule has 0 bridgehead atoms. The van der Waals surface area contributed by atoms with Gasteiger partial charge >= 0.3 is 0 Å². The first-order chi connectivity index (χ1) is 7.71. The Kier molecular flexibility index (Phi) is 3.30. The van der Waals surface area contributed by atoms with Crippen molar-refractivity contribution in [3.05, 3.63) is 28.8 Å². The van der Waals surface area contributed by atoms with E-state index in [0.29, 0.717) is 13.2 Å². The molecule has 0 aromatic heterocycles. The fourth-order valence-corrected chi connectivity index (χ4v) is 2.46. The van der Waals surface area contributed by atoms with Crippen LogP contribution in [0.1, 0.15) is 12.8 Å². The SMILES string of the molecule is [O-][N+]1(CCO)CN(CCO)C2=C1CCC=C2. The second-order valence-corrected chi connectivity index (χ2v) is 4.24. The van der Waals surface area contributed by atoms with Gasteiger partial charge in [0.25, 0.3) is 0 Å². The van der Waals surface area contributed by atoms with E-state index in [1.807, 2.05) is 11.0 Å². The van der Waals surface area contributed by atoms with Crippen molar-refractivity contribution in [2.45, 2.75) is 12.8 Å². The lowest BCUT2D eigenvalue weighted by atomic mass is 10.1. The fourth-order valence-electron chi connectivity index (χ4n) is 2.46. The number of hydrogen-bond donors (Lipinski definition) is 2. The van der Waals surface area contributed by atoms with E-state index < -0.39 is 4.65 Å².